The molecule has 2 heterocycles. The first-order valence-corrected chi connectivity index (χ1v) is 4.86. The number of hydrogen-bond donors (Lipinski definition) is 2. The zero-order chi connectivity index (χ0) is 10.7. The quantitative estimate of drug-likeness (QED) is 0.623. The molecule has 1 fully saturated rings. The maximum Gasteiger partial charge on any atom is 0.274 e. The highest BCUT2D eigenvalue weighted by molar-refractivity contribution is 5.92. The summed E-state index contributed by atoms with van der Waals surface area (Å²) in [7, 11) is 0. The van der Waals surface area contributed by atoms with Crippen LogP contribution < -0.4 is 11.1 Å². The molecule has 0 atom stereocenters. The summed E-state index contributed by atoms with van der Waals surface area (Å²) in [5.74, 6) is 0.246. The number of piperazine rings is 1. The second-order valence-corrected chi connectivity index (χ2v) is 3.39. The number of anilines is 1. The van der Waals surface area contributed by atoms with Crippen molar-refractivity contribution in [1.82, 2.24) is 20.4 Å². The Morgan fingerprint density at radius 1 is 1.33 bits per heavy atom. The minimum atomic E-state index is -0.0796. The van der Waals surface area contributed by atoms with Gasteiger partial charge < -0.3 is 16.0 Å². The molecule has 6 nitrogen and oxygen atoms in total. The van der Waals surface area contributed by atoms with E-state index in [4.69, 9.17) is 5.73 Å². The van der Waals surface area contributed by atoms with E-state index in [9.17, 15) is 4.79 Å². The lowest BCUT2D eigenvalue weighted by molar-refractivity contribution is 0.0729. The van der Waals surface area contributed by atoms with Crippen LogP contribution in [0.2, 0.25) is 0 Å². The number of nitrogens with two attached hydrogens (primary N) is 1. The lowest BCUT2D eigenvalue weighted by Crippen LogP contribution is -2.46. The molecule has 1 aliphatic rings. The standard InChI is InChI=1S/C9H13N5O/c10-8-2-1-7(12-13-8)9(15)14-5-3-11-4-6-14/h1-2,11H,3-6H2,(H2,10,13). The van der Waals surface area contributed by atoms with E-state index in [2.05, 4.69) is 15.5 Å². The molecule has 15 heavy (non-hydrogen) atoms. The monoisotopic (exact) mass is 207 g/mol. The Balaban J connectivity index is 2.09. The van der Waals surface area contributed by atoms with Crippen LogP contribution in [0, 0.1) is 0 Å². The summed E-state index contributed by atoms with van der Waals surface area (Å²) < 4.78 is 0. The van der Waals surface area contributed by atoms with Gasteiger partial charge in [-0.25, -0.2) is 0 Å². The van der Waals surface area contributed by atoms with Crippen molar-refractivity contribution in [1.29, 1.82) is 0 Å². The van der Waals surface area contributed by atoms with Gasteiger partial charge in [-0.3, -0.25) is 4.79 Å². The van der Waals surface area contributed by atoms with Gasteiger partial charge in [-0.1, -0.05) is 0 Å². The Kier molecular flexibility index (Phi) is 2.77. The SMILES string of the molecule is Nc1ccc(C(=O)N2CCNCC2)nn1. The Hall–Kier alpha value is -1.69. The van der Waals surface area contributed by atoms with Gasteiger partial charge in [-0.05, 0) is 12.1 Å². The van der Waals surface area contributed by atoms with Gasteiger partial charge in [-0.15, -0.1) is 10.2 Å². The fourth-order valence-corrected chi connectivity index (χ4v) is 1.49. The topological polar surface area (TPSA) is 84.1 Å². The Labute approximate surface area is 87.5 Å². The second kappa shape index (κ2) is 4.22. The van der Waals surface area contributed by atoms with Crippen molar-refractivity contribution in [3.8, 4) is 0 Å². The molecule has 0 unspecified atom stereocenters. The summed E-state index contributed by atoms with van der Waals surface area (Å²) in [6, 6.07) is 3.19. The van der Waals surface area contributed by atoms with E-state index in [0.29, 0.717) is 24.6 Å². The Bertz CT molecular complexity index is 344. The predicted octanol–water partition coefficient (Wildman–Crippen LogP) is -0.896. The number of hydrogen-bond acceptors (Lipinski definition) is 5. The van der Waals surface area contributed by atoms with Gasteiger partial charge in [0.1, 0.15) is 5.82 Å². The number of nitrogen functional groups attached to an aromatic ring is 1. The average Bonchev–Trinajstić information content (AvgIpc) is 2.30. The largest absolute Gasteiger partial charge is 0.382 e. The molecule has 2 rings (SSSR count). The van der Waals surface area contributed by atoms with Crippen molar-refractivity contribution >= 4 is 11.7 Å². The lowest BCUT2D eigenvalue weighted by atomic mass is 10.3. The van der Waals surface area contributed by atoms with Crippen LogP contribution in [0.15, 0.2) is 12.1 Å². The number of amides is 1. The van der Waals surface area contributed by atoms with E-state index in [1.54, 1.807) is 17.0 Å². The molecule has 1 saturated heterocycles. The minimum Gasteiger partial charge on any atom is -0.382 e. The number of nitrogens with one attached hydrogen (secondary N) is 1. The zero-order valence-electron chi connectivity index (χ0n) is 8.31. The predicted molar refractivity (Wildman–Crippen MR) is 55.2 cm³/mol. The van der Waals surface area contributed by atoms with Crippen molar-refractivity contribution in [3.63, 3.8) is 0 Å². The lowest BCUT2D eigenvalue weighted by Gasteiger charge is -2.26. The summed E-state index contributed by atoms with van der Waals surface area (Å²) in [5.41, 5.74) is 5.75. The highest BCUT2D eigenvalue weighted by Gasteiger charge is 2.18. The fraction of sp³-hybridized carbons (Fsp3) is 0.444. The smallest absolute Gasteiger partial charge is 0.274 e. The number of carbonyl (C=O) groups excluding carboxylic acids is 1. The van der Waals surface area contributed by atoms with Gasteiger partial charge in [0.25, 0.3) is 5.91 Å². The summed E-state index contributed by atoms with van der Waals surface area (Å²) in [5, 5.41) is 10.6. The van der Waals surface area contributed by atoms with Crippen LogP contribution in [0.3, 0.4) is 0 Å². The highest BCUT2D eigenvalue weighted by atomic mass is 16.2. The molecule has 1 aromatic rings. The normalized spacial score (nSPS) is 16.4. The van der Waals surface area contributed by atoms with Crippen molar-refractivity contribution in [2.24, 2.45) is 0 Å². The van der Waals surface area contributed by atoms with E-state index < -0.39 is 0 Å². The van der Waals surface area contributed by atoms with Crippen LogP contribution in [0.5, 0.6) is 0 Å². The van der Waals surface area contributed by atoms with Crippen molar-refractivity contribution in [3.05, 3.63) is 17.8 Å². The van der Waals surface area contributed by atoms with Crippen LogP contribution in [0.1, 0.15) is 10.5 Å². The van der Waals surface area contributed by atoms with Crippen LogP contribution in [-0.2, 0) is 0 Å². The van der Waals surface area contributed by atoms with Crippen molar-refractivity contribution in [2.75, 3.05) is 31.9 Å². The average molecular weight is 207 g/mol. The summed E-state index contributed by atoms with van der Waals surface area (Å²) in [4.78, 5) is 13.6. The van der Waals surface area contributed by atoms with Gasteiger partial charge in [-0.2, -0.15) is 0 Å². The molecule has 0 saturated carbocycles. The van der Waals surface area contributed by atoms with E-state index in [-0.39, 0.29) is 5.91 Å². The number of nitrogens with zero attached hydrogens (tertiary/aromatic N) is 3. The first-order chi connectivity index (χ1) is 7.27. The third-order valence-electron chi connectivity index (χ3n) is 2.31. The molecular formula is C9H13N5O. The van der Waals surface area contributed by atoms with E-state index in [0.717, 1.165) is 13.1 Å². The molecule has 1 aromatic heterocycles. The number of rotatable bonds is 1. The minimum absolute atomic E-state index is 0.0796. The molecule has 0 aromatic carbocycles. The van der Waals surface area contributed by atoms with Crippen LogP contribution >= 0.6 is 0 Å². The van der Waals surface area contributed by atoms with Crippen LogP contribution in [-0.4, -0.2) is 47.2 Å². The third-order valence-corrected chi connectivity index (χ3v) is 2.31. The van der Waals surface area contributed by atoms with Gasteiger partial charge in [0.05, 0.1) is 0 Å². The Morgan fingerprint density at radius 3 is 2.67 bits per heavy atom. The van der Waals surface area contributed by atoms with Crippen LogP contribution in [0.4, 0.5) is 5.82 Å². The molecule has 1 aliphatic heterocycles. The zero-order valence-corrected chi connectivity index (χ0v) is 8.31. The second-order valence-electron chi connectivity index (χ2n) is 3.39. The maximum absolute atomic E-state index is 11.9. The first kappa shape index (κ1) is 9.85. The number of carbonyl (C=O) groups is 1. The highest BCUT2D eigenvalue weighted by Crippen LogP contribution is 2.03. The van der Waals surface area contributed by atoms with Gasteiger partial charge in [0.15, 0.2) is 5.69 Å². The summed E-state index contributed by atoms with van der Waals surface area (Å²) >= 11 is 0. The first-order valence-electron chi connectivity index (χ1n) is 4.86. The van der Waals surface area contributed by atoms with E-state index in [1.165, 1.54) is 0 Å². The van der Waals surface area contributed by atoms with Crippen molar-refractivity contribution in [2.45, 2.75) is 0 Å². The van der Waals surface area contributed by atoms with E-state index in [1.807, 2.05) is 0 Å². The molecule has 0 spiro atoms. The number of aromatic nitrogens is 2. The molecule has 80 valence electrons. The summed E-state index contributed by atoms with van der Waals surface area (Å²) in [6.45, 7) is 3.08. The molecule has 0 radical (unpaired) electrons. The molecular weight excluding hydrogens is 194 g/mol. The molecule has 6 heteroatoms. The van der Waals surface area contributed by atoms with Gasteiger partial charge in [0, 0.05) is 26.2 Å². The van der Waals surface area contributed by atoms with Crippen LogP contribution in [0.25, 0.3) is 0 Å². The van der Waals surface area contributed by atoms with Gasteiger partial charge >= 0.3 is 0 Å². The third kappa shape index (κ3) is 2.21. The molecule has 1 amide bonds. The maximum atomic E-state index is 11.9. The van der Waals surface area contributed by atoms with E-state index >= 15 is 0 Å². The van der Waals surface area contributed by atoms with Crippen molar-refractivity contribution < 1.29 is 4.79 Å². The molecule has 3 N–H and O–H groups in total. The molecule has 0 aliphatic carbocycles. The Morgan fingerprint density at radius 2 is 2.07 bits per heavy atom. The fourth-order valence-electron chi connectivity index (χ4n) is 1.49. The molecule has 0 bridgehead atoms. The van der Waals surface area contributed by atoms with Gasteiger partial charge in [0.2, 0.25) is 0 Å². The summed E-state index contributed by atoms with van der Waals surface area (Å²) in [6.07, 6.45) is 0.